The number of carbonyl (C=O) groups is 8. The Bertz CT molecular complexity index is 710. The highest BCUT2D eigenvalue weighted by Gasteiger charge is 2.01. The van der Waals surface area contributed by atoms with Crippen LogP contribution in [0.2, 0.25) is 0 Å². The molecule has 0 aliphatic rings. The first-order valence-electron chi connectivity index (χ1n) is 11.4. The van der Waals surface area contributed by atoms with Crippen LogP contribution in [0.1, 0.15) is 107 Å². The second-order valence-corrected chi connectivity index (χ2v) is 6.93. The van der Waals surface area contributed by atoms with Crippen molar-refractivity contribution in [2.45, 2.75) is 107 Å². The summed E-state index contributed by atoms with van der Waals surface area (Å²) in [4.78, 5) is 77.8. The fourth-order valence-corrected chi connectivity index (χ4v) is 1.30. The molecule has 16 heteroatoms. The monoisotopic (exact) mass is 618 g/mol. The first kappa shape index (κ1) is 57.4. The van der Waals surface area contributed by atoms with E-state index in [1.807, 2.05) is 0 Å². The van der Waals surface area contributed by atoms with Crippen LogP contribution >= 0.6 is 0 Å². The average molecular weight is 619 g/mol. The predicted molar refractivity (Wildman–Crippen MR) is 153 cm³/mol. The van der Waals surface area contributed by atoms with Crippen LogP contribution in [0.4, 0.5) is 0 Å². The molecule has 0 aromatic rings. The summed E-state index contributed by atoms with van der Waals surface area (Å²) in [6, 6.07) is 0. The van der Waals surface area contributed by atoms with E-state index >= 15 is 0 Å². The molecule has 0 aliphatic heterocycles. The largest absolute Gasteiger partial charge is 0.481 e. The molecule has 0 fully saturated rings. The fraction of sp³-hybridized carbons (Fsp3) is 0.615. The molecule has 0 aromatic heterocycles. The molecule has 0 saturated carbocycles. The highest BCUT2D eigenvalue weighted by Crippen LogP contribution is 1.98. The maximum Gasteiger partial charge on any atom is 0.328 e. The van der Waals surface area contributed by atoms with E-state index in [4.69, 9.17) is 40.9 Å². The van der Waals surface area contributed by atoms with Crippen LogP contribution in [0.3, 0.4) is 0 Å². The van der Waals surface area contributed by atoms with Crippen LogP contribution in [0, 0.1) is 0 Å². The van der Waals surface area contributed by atoms with Gasteiger partial charge in [-0.15, -0.1) is 0 Å². The number of unbranched alkanes of at least 4 members (excludes halogenated alkanes) is 2. The molecule has 0 rings (SSSR count). The van der Waals surface area contributed by atoms with Crippen molar-refractivity contribution in [1.29, 1.82) is 0 Å². The summed E-state index contributed by atoms with van der Waals surface area (Å²) < 4.78 is 0. The van der Waals surface area contributed by atoms with Crippen LogP contribution in [0.25, 0.3) is 0 Å². The Morgan fingerprint density at radius 3 is 0.714 bits per heavy atom. The number of aliphatic carboxylic acids is 8. The molecular weight excluding hydrogens is 568 g/mol. The molecule has 0 aromatic carbocycles. The van der Waals surface area contributed by atoms with Gasteiger partial charge in [-0.25, -0.2) is 9.59 Å². The molecule has 42 heavy (non-hydrogen) atoms. The zero-order chi connectivity index (χ0) is 31.8. The average Bonchev–Trinajstić information content (AvgIpc) is 2.80. The molecule has 16 nitrogen and oxygen atoms in total. The Balaban J connectivity index is -0.0000000575. The Labute approximate surface area is 246 Å². The van der Waals surface area contributed by atoms with Crippen molar-refractivity contribution in [2.24, 2.45) is 0 Å². The van der Waals surface area contributed by atoms with Gasteiger partial charge in [-0.05, 0) is 19.3 Å². The standard InChI is InChI=1S/C6H10O4.C5H8O4.C4H6O4.C4H4O4.C4H10.3CH4/c7-5(8)3-1-2-4-6(9)10;6-4(7)2-1-3-5(8)9;2*5-3(6)1-2-4(7)8;1-3-4-2;;;/h1-4H2,(H,7,8)(H,9,10);1-3H2,(H,6,7)(H,8,9);1-2H2,(H,5,6)(H,7,8);1-2H,(H,5,6)(H,7,8);3-4H2,1-2H3;3*1H4/b;;;2-1+;;;;. The molecule has 0 saturated heterocycles. The zero-order valence-electron chi connectivity index (χ0n) is 21.8. The quantitative estimate of drug-likeness (QED) is 0.0930. The molecular formula is C26H50O16. The number of rotatable bonds is 15. The highest BCUT2D eigenvalue weighted by atomic mass is 16.4. The van der Waals surface area contributed by atoms with Crippen LogP contribution in [0.15, 0.2) is 12.2 Å². The van der Waals surface area contributed by atoms with E-state index in [1.54, 1.807) is 0 Å². The van der Waals surface area contributed by atoms with Crippen molar-refractivity contribution < 1.29 is 79.2 Å². The lowest BCUT2D eigenvalue weighted by Gasteiger charge is -1.92. The molecule has 0 spiro atoms. The molecule has 0 amide bonds. The van der Waals surface area contributed by atoms with Gasteiger partial charge in [-0.1, -0.05) is 49.0 Å². The Kier molecular flexibility index (Phi) is 59.5. The third-order valence-electron chi connectivity index (χ3n) is 3.23. The molecule has 0 bridgehead atoms. The summed E-state index contributed by atoms with van der Waals surface area (Å²) >= 11 is 0. The number of hydrogen-bond donors (Lipinski definition) is 8. The summed E-state index contributed by atoms with van der Waals surface area (Å²) in [6.45, 7) is 4.36. The maximum atomic E-state index is 9.90. The van der Waals surface area contributed by atoms with E-state index in [2.05, 4.69) is 13.8 Å². The Morgan fingerprint density at radius 1 is 0.381 bits per heavy atom. The topological polar surface area (TPSA) is 298 Å². The Morgan fingerprint density at radius 2 is 0.571 bits per heavy atom. The first-order valence-corrected chi connectivity index (χ1v) is 11.4. The van der Waals surface area contributed by atoms with Gasteiger partial charge in [0.2, 0.25) is 0 Å². The summed E-state index contributed by atoms with van der Waals surface area (Å²) in [5.41, 5.74) is 0. The molecule has 0 atom stereocenters. The molecule has 0 unspecified atom stereocenters. The molecule has 8 N–H and O–H groups in total. The van der Waals surface area contributed by atoms with Gasteiger partial charge in [0.25, 0.3) is 0 Å². The van der Waals surface area contributed by atoms with Crippen LogP contribution in [-0.2, 0) is 38.4 Å². The third-order valence-corrected chi connectivity index (χ3v) is 3.23. The van der Waals surface area contributed by atoms with Crippen molar-refractivity contribution in [3.63, 3.8) is 0 Å². The lowest BCUT2D eigenvalue weighted by atomic mass is 10.2. The Hall–Kier alpha value is -4.50. The number of carboxylic acids is 8. The van der Waals surface area contributed by atoms with E-state index in [-0.39, 0.29) is 67.2 Å². The van der Waals surface area contributed by atoms with Crippen molar-refractivity contribution in [1.82, 2.24) is 0 Å². The minimum Gasteiger partial charge on any atom is -0.481 e. The van der Waals surface area contributed by atoms with Crippen LogP contribution in [0.5, 0.6) is 0 Å². The highest BCUT2D eigenvalue weighted by molar-refractivity contribution is 5.89. The summed E-state index contributed by atoms with van der Waals surface area (Å²) in [5, 5.41) is 63.8. The van der Waals surface area contributed by atoms with Gasteiger partial charge in [0.1, 0.15) is 0 Å². The minimum absolute atomic E-state index is 0. The van der Waals surface area contributed by atoms with Gasteiger partial charge in [0, 0.05) is 37.8 Å². The van der Waals surface area contributed by atoms with Gasteiger partial charge in [0.15, 0.2) is 0 Å². The van der Waals surface area contributed by atoms with Gasteiger partial charge < -0.3 is 40.9 Å². The van der Waals surface area contributed by atoms with Gasteiger partial charge in [-0.3, -0.25) is 28.8 Å². The molecule has 0 radical (unpaired) electrons. The molecule has 0 heterocycles. The predicted octanol–water partition coefficient (Wildman–Crippen LogP) is 4.40. The van der Waals surface area contributed by atoms with E-state index in [0.717, 1.165) is 0 Å². The van der Waals surface area contributed by atoms with Crippen molar-refractivity contribution in [2.75, 3.05) is 0 Å². The van der Waals surface area contributed by atoms with Crippen molar-refractivity contribution in [3.8, 4) is 0 Å². The van der Waals surface area contributed by atoms with E-state index < -0.39 is 47.8 Å². The first-order chi connectivity index (χ1) is 17.9. The summed E-state index contributed by atoms with van der Waals surface area (Å²) in [7, 11) is 0. The van der Waals surface area contributed by atoms with E-state index in [1.165, 1.54) is 12.8 Å². The maximum absolute atomic E-state index is 9.90. The lowest BCUT2D eigenvalue weighted by molar-refractivity contribution is -0.143. The SMILES string of the molecule is C.C.C.CCCC.O=C(O)/C=C/C(=O)O.O=C(O)CCC(=O)O.O=C(O)CCCC(=O)O.O=C(O)CCCCC(=O)O. The normalized spacial score (nSPS) is 8.24. The van der Waals surface area contributed by atoms with Crippen LogP contribution < -0.4 is 0 Å². The van der Waals surface area contributed by atoms with Crippen LogP contribution in [-0.4, -0.2) is 88.6 Å². The number of hydrogen-bond acceptors (Lipinski definition) is 8. The second kappa shape index (κ2) is 43.5. The summed E-state index contributed by atoms with van der Waals surface area (Å²) in [6.07, 6.45) is 4.27. The minimum atomic E-state index is -1.26. The second-order valence-electron chi connectivity index (χ2n) is 6.93. The van der Waals surface area contributed by atoms with Gasteiger partial charge >= 0.3 is 47.8 Å². The van der Waals surface area contributed by atoms with E-state index in [0.29, 0.717) is 25.0 Å². The number of carboxylic acid groups (broad SMARTS) is 8. The molecule has 250 valence electrons. The summed E-state index contributed by atoms with van der Waals surface area (Å²) in [5.74, 6) is -8.30. The van der Waals surface area contributed by atoms with E-state index in [9.17, 15) is 38.4 Å². The fourth-order valence-electron chi connectivity index (χ4n) is 1.30. The smallest absolute Gasteiger partial charge is 0.328 e. The van der Waals surface area contributed by atoms with Crippen molar-refractivity contribution in [3.05, 3.63) is 12.2 Å². The lowest BCUT2D eigenvalue weighted by Crippen LogP contribution is -2.00. The third kappa shape index (κ3) is 111. The van der Waals surface area contributed by atoms with Crippen molar-refractivity contribution >= 4 is 47.8 Å². The van der Waals surface area contributed by atoms with Gasteiger partial charge in [-0.2, -0.15) is 0 Å². The zero-order valence-corrected chi connectivity index (χ0v) is 21.8. The van der Waals surface area contributed by atoms with Gasteiger partial charge in [0.05, 0.1) is 12.8 Å². The molecule has 0 aliphatic carbocycles.